The molecule has 0 amide bonds. The first kappa shape index (κ1) is 17.9. The van der Waals surface area contributed by atoms with Crippen molar-refractivity contribution in [3.63, 3.8) is 0 Å². The van der Waals surface area contributed by atoms with Crippen molar-refractivity contribution >= 4 is 15.8 Å². The van der Waals surface area contributed by atoms with Crippen molar-refractivity contribution in [2.45, 2.75) is 32.1 Å². The summed E-state index contributed by atoms with van der Waals surface area (Å²) in [4.78, 5) is 4.25. The summed E-state index contributed by atoms with van der Waals surface area (Å²) >= 11 is 0. The van der Waals surface area contributed by atoms with Crippen molar-refractivity contribution in [3.8, 4) is 0 Å². The third-order valence-corrected chi connectivity index (χ3v) is 4.04. The van der Waals surface area contributed by atoms with E-state index in [0.29, 0.717) is 24.9 Å². The van der Waals surface area contributed by atoms with E-state index in [0.717, 1.165) is 13.0 Å². The zero-order valence-corrected chi connectivity index (χ0v) is 13.7. The van der Waals surface area contributed by atoms with Crippen LogP contribution in [0, 0.1) is 5.92 Å². The normalized spacial score (nSPS) is 11.8. The number of sulfonamides is 1. The van der Waals surface area contributed by atoms with Crippen LogP contribution in [0.5, 0.6) is 0 Å². The van der Waals surface area contributed by atoms with Gasteiger partial charge in [-0.05, 0) is 24.5 Å². The fraction of sp³-hybridized carbons (Fsp3) is 0.643. The highest BCUT2D eigenvalue weighted by atomic mass is 32.2. The van der Waals surface area contributed by atoms with Gasteiger partial charge in [-0.25, -0.2) is 18.1 Å². The van der Waals surface area contributed by atoms with Crippen molar-refractivity contribution in [2.75, 3.05) is 31.6 Å². The quantitative estimate of drug-likeness (QED) is 0.644. The SMILES string of the molecule is CCCNc1ccc(S(=O)(=O)NCCOCC(C)C)cn1. The number of ether oxygens (including phenoxy) is 1. The predicted octanol–water partition coefficient (Wildman–Crippen LogP) is 1.85. The molecule has 0 atom stereocenters. The van der Waals surface area contributed by atoms with Gasteiger partial charge in [-0.3, -0.25) is 0 Å². The van der Waals surface area contributed by atoms with Crippen molar-refractivity contribution < 1.29 is 13.2 Å². The Morgan fingerprint density at radius 2 is 2.05 bits per heavy atom. The minimum absolute atomic E-state index is 0.161. The maximum Gasteiger partial charge on any atom is 0.242 e. The van der Waals surface area contributed by atoms with E-state index in [2.05, 4.69) is 21.9 Å². The van der Waals surface area contributed by atoms with Gasteiger partial charge < -0.3 is 10.1 Å². The molecular formula is C14H25N3O3S. The van der Waals surface area contributed by atoms with E-state index in [1.165, 1.54) is 6.20 Å². The van der Waals surface area contributed by atoms with E-state index in [1.807, 2.05) is 13.8 Å². The number of anilines is 1. The number of hydrogen-bond donors (Lipinski definition) is 2. The van der Waals surface area contributed by atoms with Gasteiger partial charge in [0.05, 0.1) is 6.61 Å². The molecule has 0 fully saturated rings. The molecule has 1 aromatic rings. The molecule has 1 aromatic heterocycles. The highest BCUT2D eigenvalue weighted by Gasteiger charge is 2.13. The Hall–Kier alpha value is -1.18. The molecule has 0 aliphatic heterocycles. The summed E-state index contributed by atoms with van der Waals surface area (Å²) in [5.41, 5.74) is 0. The molecule has 0 aromatic carbocycles. The van der Waals surface area contributed by atoms with Crippen LogP contribution in [0.4, 0.5) is 5.82 Å². The monoisotopic (exact) mass is 315 g/mol. The molecule has 7 heteroatoms. The number of aromatic nitrogens is 1. The molecule has 2 N–H and O–H groups in total. The van der Waals surface area contributed by atoms with Crippen LogP contribution < -0.4 is 10.0 Å². The Balaban J connectivity index is 2.46. The summed E-state index contributed by atoms with van der Waals surface area (Å²) in [5, 5.41) is 3.10. The molecule has 0 saturated carbocycles. The van der Waals surface area contributed by atoms with Gasteiger partial charge in [-0.2, -0.15) is 0 Å². The number of hydrogen-bond acceptors (Lipinski definition) is 5. The van der Waals surface area contributed by atoms with Crippen LogP contribution in [-0.2, 0) is 14.8 Å². The van der Waals surface area contributed by atoms with Gasteiger partial charge in [-0.1, -0.05) is 20.8 Å². The highest BCUT2D eigenvalue weighted by molar-refractivity contribution is 7.89. The minimum atomic E-state index is -3.52. The van der Waals surface area contributed by atoms with Gasteiger partial charge in [-0.15, -0.1) is 0 Å². The lowest BCUT2D eigenvalue weighted by molar-refractivity contribution is 0.114. The smallest absolute Gasteiger partial charge is 0.242 e. The molecule has 21 heavy (non-hydrogen) atoms. The molecule has 0 bridgehead atoms. The van der Waals surface area contributed by atoms with Crippen LogP contribution in [0.1, 0.15) is 27.2 Å². The van der Waals surface area contributed by atoms with Crippen LogP contribution in [0.25, 0.3) is 0 Å². The molecule has 0 aliphatic carbocycles. The summed E-state index contributed by atoms with van der Waals surface area (Å²) in [6.45, 7) is 8.20. The zero-order chi connectivity index (χ0) is 15.7. The molecule has 6 nitrogen and oxygen atoms in total. The average Bonchev–Trinajstić information content (AvgIpc) is 2.44. The summed E-state index contributed by atoms with van der Waals surface area (Å²) in [7, 11) is -3.52. The van der Waals surface area contributed by atoms with Gasteiger partial charge in [0.2, 0.25) is 10.0 Å². The molecule has 0 aliphatic rings. The Morgan fingerprint density at radius 3 is 2.62 bits per heavy atom. The Bertz CT molecular complexity index is 501. The summed E-state index contributed by atoms with van der Waals surface area (Å²) in [6, 6.07) is 3.21. The lowest BCUT2D eigenvalue weighted by Crippen LogP contribution is -2.28. The minimum Gasteiger partial charge on any atom is -0.380 e. The van der Waals surface area contributed by atoms with E-state index in [1.54, 1.807) is 12.1 Å². The van der Waals surface area contributed by atoms with Gasteiger partial charge in [0.1, 0.15) is 10.7 Å². The zero-order valence-electron chi connectivity index (χ0n) is 12.9. The number of nitrogens with one attached hydrogen (secondary N) is 2. The van der Waals surface area contributed by atoms with Crippen molar-refractivity contribution in [1.82, 2.24) is 9.71 Å². The highest BCUT2D eigenvalue weighted by Crippen LogP contribution is 2.10. The molecule has 1 heterocycles. The van der Waals surface area contributed by atoms with Crippen LogP contribution >= 0.6 is 0 Å². The molecular weight excluding hydrogens is 290 g/mol. The first-order valence-corrected chi connectivity index (χ1v) is 8.71. The predicted molar refractivity (Wildman–Crippen MR) is 83.9 cm³/mol. The Labute approximate surface area is 127 Å². The fourth-order valence-corrected chi connectivity index (χ4v) is 2.50. The maximum atomic E-state index is 12.0. The van der Waals surface area contributed by atoms with Gasteiger partial charge in [0.25, 0.3) is 0 Å². The summed E-state index contributed by atoms with van der Waals surface area (Å²) < 4.78 is 31.9. The molecule has 0 radical (unpaired) electrons. The van der Waals surface area contributed by atoms with E-state index in [9.17, 15) is 8.42 Å². The number of nitrogens with zero attached hydrogens (tertiary/aromatic N) is 1. The third-order valence-electron chi connectivity index (χ3n) is 2.59. The number of rotatable bonds is 10. The van der Waals surface area contributed by atoms with E-state index < -0.39 is 10.0 Å². The second-order valence-electron chi connectivity index (χ2n) is 5.17. The molecule has 1 rings (SSSR count). The van der Waals surface area contributed by atoms with Gasteiger partial charge in [0.15, 0.2) is 0 Å². The van der Waals surface area contributed by atoms with E-state index in [-0.39, 0.29) is 11.4 Å². The van der Waals surface area contributed by atoms with E-state index >= 15 is 0 Å². The molecule has 0 saturated heterocycles. The van der Waals surface area contributed by atoms with Crippen LogP contribution in [0.2, 0.25) is 0 Å². The molecule has 0 unspecified atom stereocenters. The topological polar surface area (TPSA) is 80.3 Å². The van der Waals surface area contributed by atoms with Crippen molar-refractivity contribution in [2.24, 2.45) is 5.92 Å². The average molecular weight is 315 g/mol. The lowest BCUT2D eigenvalue weighted by atomic mass is 10.2. The third kappa shape index (κ3) is 6.88. The molecule has 0 spiro atoms. The van der Waals surface area contributed by atoms with Crippen molar-refractivity contribution in [1.29, 1.82) is 0 Å². The largest absolute Gasteiger partial charge is 0.380 e. The van der Waals surface area contributed by atoms with Crippen LogP contribution in [-0.4, -0.2) is 39.7 Å². The summed E-state index contributed by atoms with van der Waals surface area (Å²) in [5.74, 6) is 1.12. The fourth-order valence-electron chi connectivity index (χ4n) is 1.55. The first-order chi connectivity index (χ1) is 9.95. The van der Waals surface area contributed by atoms with Crippen molar-refractivity contribution in [3.05, 3.63) is 18.3 Å². The lowest BCUT2D eigenvalue weighted by Gasteiger charge is -2.09. The van der Waals surface area contributed by atoms with Crippen LogP contribution in [0.15, 0.2) is 23.2 Å². The second-order valence-corrected chi connectivity index (χ2v) is 6.94. The summed E-state index contributed by atoms with van der Waals surface area (Å²) in [6.07, 6.45) is 2.34. The van der Waals surface area contributed by atoms with Gasteiger partial charge >= 0.3 is 0 Å². The molecule has 120 valence electrons. The second kappa shape index (κ2) is 8.96. The Kier molecular flexibility index (Phi) is 7.63. The number of pyridine rings is 1. The first-order valence-electron chi connectivity index (χ1n) is 7.23. The van der Waals surface area contributed by atoms with Crippen LogP contribution in [0.3, 0.4) is 0 Å². The van der Waals surface area contributed by atoms with E-state index in [4.69, 9.17) is 4.74 Å². The Morgan fingerprint density at radius 1 is 1.29 bits per heavy atom. The maximum absolute atomic E-state index is 12.0. The standard InChI is InChI=1S/C14H25N3O3S/c1-4-7-15-14-6-5-13(10-16-14)21(18,19)17-8-9-20-11-12(2)3/h5-6,10,12,17H,4,7-9,11H2,1-3H3,(H,15,16). The van der Waals surface area contributed by atoms with Gasteiger partial charge in [0, 0.05) is 25.9 Å².